The van der Waals surface area contributed by atoms with Crippen molar-refractivity contribution in [3.63, 3.8) is 0 Å². The monoisotopic (exact) mass is 504 g/mol. The smallest absolute Gasteiger partial charge is 0.305 e. The topological polar surface area (TPSA) is 96.6 Å². The second-order valence-corrected chi connectivity index (χ2v) is 9.34. The van der Waals surface area contributed by atoms with E-state index in [4.69, 9.17) is 0 Å². The Labute approximate surface area is 212 Å². The molecule has 2 heterocycles. The van der Waals surface area contributed by atoms with Gasteiger partial charge in [-0.25, -0.2) is 18.3 Å². The molecule has 1 atom stereocenters. The molecule has 1 fully saturated rings. The molecular formula is C28H26F2N4O3. The minimum absolute atomic E-state index is 0.0681. The molecule has 1 aliphatic rings. The summed E-state index contributed by atoms with van der Waals surface area (Å²) in [5.41, 5.74) is 2.63. The Bertz CT molecular complexity index is 1450. The van der Waals surface area contributed by atoms with Crippen LogP contribution >= 0.6 is 0 Å². The number of hydrogen-bond acceptors (Lipinski definition) is 4. The van der Waals surface area contributed by atoms with E-state index in [1.54, 1.807) is 28.8 Å². The maximum Gasteiger partial charge on any atom is 0.305 e. The highest BCUT2D eigenvalue weighted by Crippen LogP contribution is 2.39. The standard InChI is InChI=1S/C28H26F2N4O3/c29-19-11-12-20(23(30)13-19)21-15-31-27-22(16-32-34(27)26(21)18-9-5-2-6-10-18)28(37)33-24(14-25(35)36)17-7-3-1-4-8-17/h1,3-4,7-8,11-13,15-16,18,24H,2,5-6,9-10,14H2,(H,33,37)(H,35,36)/t24-/m0/s1. The third-order valence-corrected chi connectivity index (χ3v) is 6.91. The molecule has 0 saturated heterocycles. The van der Waals surface area contributed by atoms with Crippen molar-refractivity contribution < 1.29 is 23.5 Å². The average Bonchev–Trinajstić information content (AvgIpc) is 3.33. The zero-order valence-electron chi connectivity index (χ0n) is 20.0. The number of nitrogens with zero attached hydrogens (tertiary/aromatic N) is 3. The van der Waals surface area contributed by atoms with Gasteiger partial charge in [0.15, 0.2) is 5.65 Å². The van der Waals surface area contributed by atoms with E-state index < -0.39 is 29.6 Å². The highest BCUT2D eigenvalue weighted by molar-refractivity contribution is 6.00. The van der Waals surface area contributed by atoms with Crippen LogP contribution in [0, 0.1) is 11.6 Å². The molecule has 4 aromatic rings. The van der Waals surface area contributed by atoms with Crippen LogP contribution in [0.3, 0.4) is 0 Å². The summed E-state index contributed by atoms with van der Waals surface area (Å²) >= 11 is 0. The summed E-state index contributed by atoms with van der Waals surface area (Å²) in [4.78, 5) is 29.3. The fourth-order valence-corrected chi connectivity index (χ4v) is 5.14. The first-order valence-corrected chi connectivity index (χ1v) is 12.3. The molecule has 2 aromatic heterocycles. The Hall–Kier alpha value is -4.14. The van der Waals surface area contributed by atoms with Gasteiger partial charge in [-0.2, -0.15) is 5.10 Å². The molecule has 1 aliphatic carbocycles. The van der Waals surface area contributed by atoms with Crippen LogP contribution in [0.1, 0.15) is 72.1 Å². The minimum atomic E-state index is -1.04. The molecule has 9 heteroatoms. The zero-order valence-corrected chi connectivity index (χ0v) is 20.0. The van der Waals surface area contributed by atoms with Crippen LogP contribution in [0.2, 0.25) is 0 Å². The van der Waals surface area contributed by atoms with E-state index in [0.29, 0.717) is 16.8 Å². The summed E-state index contributed by atoms with van der Waals surface area (Å²) in [7, 11) is 0. The fourth-order valence-electron chi connectivity index (χ4n) is 5.14. The summed E-state index contributed by atoms with van der Waals surface area (Å²) < 4.78 is 30.0. The van der Waals surface area contributed by atoms with Crippen LogP contribution in [0.5, 0.6) is 0 Å². The van der Waals surface area contributed by atoms with Gasteiger partial charge in [-0.15, -0.1) is 0 Å². The number of benzene rings is 2. The molecule has 1 saturated carbocycles. The van der Waals surface area contributed by atoms with Crippen LogP contribution < -0.4 is 5.32 Å². The summed E-state index contributed by atoms with van der Waals surface area (Å²) in [5, 5.41) is 16.7. The second kappa shape index (κ2) is 10.5. The van der Waals surface area contributed by atoms with E-state index in [0.717, 1.165) is 43.9 Å². The van der Waals surface area contributed by atoms with Gasteiger partial charge in [-0.05, 0) is 30.5 Å². The second-order valence-electron chi connectivity index (χ2n) is 9.34. The lowest BCUT2D eigenvalue weighted by Crippen LogP contribution is -2.30. The van der Waals surface area contributed by atoms with Gasteiger partial charge in [0.1, 0.15) is 17.2 Å². The molecule has 5 rings (SSSR count). The van der Waals surface area contributed by atoms with Crippen molar-refractivity contribution in [2.24, 2.45) is 0 Å². The van der Waals surface area contributed by atoms with Crippen molar-refractivity contribution in [2.45, 2.75) is 50.5 Å². The van der Waals surface area contributed by atoms with Crippen molar-refractivity contribution in [1.29, 1.82) is 0 Å². The molecule has 37 heavy (non-hydrogen) atoms. The number of halogens is 2. The Morgan fingerprint density at radius 1 is 1.03 bits per heavy atom. The maximum absolute atomic E-state index is 14.8. The van der Waals surface area contributed by atoms with Crippen LogP contribution in [0.25, 0.3) is 16.8 Å². The molecule has 7 nitrogen and oxygen atoms in total. The van der Waals surface area contributed by atoms with Crippen LogP contribution in [-0.4, -0.2) is 31.6 Å². The minimum Gasteiger partial charge on any atom is -0.481 e. The Balaban J connectivity index is 1.57. The third-order valence-electron chi connectivity index (χ3n) is 6.91. The summed E-state index contributed by atoms with van der Waals surface area (Å²) in [5.74, 6) is -2.84. The van der Waals surface area contributed by atoms with Crippen molar-refractivity contribution in [3.05, 3.63) is 89.4 Å². The van der Waals surface area contributed by atoms with E-state index in [1.165, 1.54) is 24.5 Å². The molecule has 2 aromatic carbocycles. The van der Waals surface area contributed by atoms with E-state index in [9.17, 15) is 23.5 Å². The number of hydrogen-bond donors (Lipinski definition) is 2. The number of fused-ring (bicyclic) bond motifs is 1. The summed E-state index contributed by atoms with van der Waals surface area (Å²) in [6.45, 7) is 0. The van der Waals surface area contributed by atoms with Gasteiger partial charge in [0.05, 0.1) is 24.4 Å². The van der Waals surface area contributed by atoms with E-state index in [-0.39, 0.29) is 23.5 Å². The highest BCUT2D eigenvalue weighted by atomic mass is 19.1. The van der Waals surface area contributed by atoms with E-state index >= 15 is 0 Å². The van der Waals surface area contributed by atoms with E-state index in [2.05, 4.69) is 15.4 Å². The van der Waals surface area contributed by atoms with Gasteiger partial charge >= 0.3 is 5.97 Å². The van der Waals surface area contributed by atoms with Gasteiger partial charge in [-0.3, -0.25) is 9.59 Å². The predicted molar refractivity (Wildman–Crippen MR) is 133 cm³/mol. The normalized spacial score (nSPS) is 15.0. The number of nitrogens with one attached hydrogen (secondary N) is 1. The first-order valence-electron chi connectivity index (χ1n) is 12.3. The highest BCUT2D eigenvalue weighted by Gasteiger charge is 2.27. The van der Waals surface area contributed by atoms with E-state index in [1.807, 2.05) is 6.07 Å². The Morgan fingerprint density at radius 2 is 1.78 bits per heavy atom. The number of aromatic nitrogens is 3. The Morgan fingerprint density at radius 3 is 2.49 bits per heavy atom. The molecule has 0 bridgehead atoms. The SMILES string of the molecule is O=C(O)C[C@H](NC(=O)c1cnn2c(C3CCCCC3)c(-c3ccc(F)cc3F)cnc12)c1ccccc1. The van der Waals surface area contributed by atoms with Gasteiger partial charge in [0, 0.05) is 29.3 Å². The molecule has 1 amide bonds. The third kappa shape index (κ3) is 5.07. The number of amides is 1. The van der Waals surface area contributed by atoms with Crippen molar-refractivity contribution in [1.82, 2.24) is 19.9 Å². The molecule has 0 spiro atoms. The lowest BCUT2D eigenvalue weighted by molar-refractivity contribution is -0.137. The predicted octanol–water partition coefficient (Wildman–Crippen LogP) is 5.67. The summed E-state index contributed by atoms with van der Waals surface area (Å²) in [6, 6.07) is 11.6. The number of carbonyl (C=O) groups is 2. The number of carboxylic acids is 1. The van der Waals surface area contributed by atoms with Crippen molar-refractivity contribution in [2.75, 3.05) is 0 Å². The first kappa shape index (κ1) is 24.5. The number of carboxylic acid groups (broad SMARTS) is 1. The lowest BCUT2D eigenvalue weighted by Gasteiger charge is -2.25. The number of rotatable bonds is 7. The fraction of sp³-hybridized carbons (Fsp3) is 0.286. The van der Waals surface area contributed by atoms with Crippen molar-refractivity contribution >= 4 is 17.5 Å². The van der Waals surface area contributed by atoms with Crippen LogP contribution in [-0.2, 0) is 4.79 Å². The average molecular weight is 505 g/mol. The first-order chi connectivity index (χ1) is 17.9. The van der Waals surface area contributed by atoms with Gasteiger partial charge < -0.3 is 10.4 Å². The van der Waals surface area contributed by atoms with Crippen LogP contribution in [0.4, 0.5) is 8.78 Å². The molecule has 0 unspecified atom stereocenters. The molecule has 0 radical (unpaired) electrons. The lowest BCUT2D eigenvalue weighted by atomic mass is 9.84. The number of carbonyl (C=O) groups excluding carboxylic acids is 1. The molecule has 2 N–H and O–H groups in total. The number of aliphatic carboxylic acids is 1. The molecular weight excluding hydrogens is 478 g/mol. The quantitative estimate of drug-likeness (QED) is 0.338. The largest absolute Gasteiger partial charge is 0.481 e. The van der Waals surface area contributed by atoms with Gasteiger partial charge in [-0.1, -0.05) is 49.6 Å². The van der Waals surface area contributed by atoms with Crippen LogP contribution in [0.15, 0.2) is 60.9 Å². The zero-order chi connectivity index (χ0) is 25.9. The van der Waals surface area contributed by atoms with Gasteiger partial charge in [0.25, 0.3) is 5.91 Å². The molecule has 0 aliphatic heterocycles. The summed E-state index contributed by atoms with van der Waals surface area (Å²) in [6.07, 6.45) is 7.53. The molecule has 190 valence electrons. The van der Waals surface area contributed by atoms with Crippen molar-refractivity contribution in [3.8, 4) is 11.1 Å². The maximum atomic E-state index is 14.8. The Kier molecular flexibility index (Phi) is 6.94. The van der Waals surface area contributed by atoms with Gasteiger partial charge in [0.2, 0.25) is 0 Å².